The molecule has 0 bridgehead atoms. The number of benzene rings is 1. The van der Waals surface area contributed by atoms with Crippen molar-refractivity contribution >= 4 is 5.69 Å². The van der Waals surface area contributed by atoms with Gasteiger partial charge < -0.3 is 5.32 Å². The van der Waals surface area contributed by atoms with Crippen molar-refractivity contribution in [3.05, 3.63) is 30.3 Å². The number of hydrogen-bond acceptors (Lipinski definition) is 1. The summed E-state index contributed by atoms with van der Waals surface area (Å²) in [5, 5.41) is 3.53. The molecule has 1 aromatic rings. The van der Waals surface area contributed by atoms with Crippen LogP contribution in [0.25, 0.3) is 0 Å². The number of unbranched alkanes of at least 4 members (excludes halogenated alkanes) is 4. The molecule has 0 amide bonds. The Hall–Kier alpha value is -0.980. The van der Waals surface area contributed by atoms with Crippen LogP contribution in [-0.2, 0) is 0 Å². The van der Waals surface area contributed by atoms with Crippen LogP contribution in [0.5, 0.6) is 0 Å². The molecule has 0 aliphatic rings. The Bertz CT molecular complexity index is 255. The van der Waals surface area contributed by atoms with E-state index >= 15 is 0 Å². The van der Waals surface area contributed by atoms with E-state index in [1.165, 1.54) is 44.2 Å². The van der Waals surface area contributed by atoms with Gasteiger partial charge in [0.15, 0.2) is 0 Å². The zero-order valence-electron chi connectivity index (χ0n) is 10.7. The monoisotopic (exact) mass is 219 g/mol. The lowest BCUT2D eigenvalue weighted by atomic mass is 10.1. The molecule has 0 saturated carbocycles. The first kappa shape index (κ1) is 13.1. The van der Waals surface area contributed by atoms with Gasteiger partial charge in [-0.1, -0.05) is 57.2 Å². The summed E-state index contributed by atoms with van der Waals surface area (Å²) in [6.07, 6.45) is 8.13. The number of para-hydroxylation sites is 1. The van der Waals surface area contributed by atoms with E-state index in [0.29, 0.717) is 6.04 Å². The molecule has 0 heterocycles. The normalized spacial score (nSPS) is 12.4. The van der Waals surface area contributed by atoms with Crippen molar-refractivity contribution in [3.8, 4) is 0 Å². The smallest absolute Gasteiger partial charge is 0.0342 e. The van der Waals surface area contributed by atoms with Crippen molar-refractivity contribution in [1.82, 2.24) is 0 Å². The van der Waals surface area contributed by atoms with E-state index in [9.17, 15) is 0 Å². The van der Waals surface area contributed by atoms with Crippen LogP contribution in [0.15, 0.2) is 30.3 Å². The van der Waals surface area contributed by atoms with Gasteiger partial charge in [-0.05, 0) is 25.5 Å². The Balaban J connectivity index is 2.09. The highest BCUT2D eigenvalue weighted by Crippen LogP contribution is 2.12. The van der Waals surface area contributed by atoms with Crippen molar-refractivity contribution < 1.29 is 0 Å². The quantitative estimate of drug-likeness (QED) is 0.616. The zero-order chi connectivity index (χ0) is 11.6. The van der Waals surface area contributed by atoms with Crippen LogP contribution in [0, 0.1) is 0 Å². The molecule has 1 N–H and O–H groups in total. The Labute approximate surface area is 100 Å². The number of nitrogens with one attached hydrogen (secondary N) is 1. The van der Waals surface area contributed by atoms with E-state index in [1.54, 1.807) is 0 Å². The lowest BCUT2D eigenvalue weighted by Crippen LogP contribution is -2.14. The second kappa shape index (κ2) is 8.20. The molecule has 1 nitrogen and oxygen atoms in total. The molecule has 1 atom stereocenters. The van der Waals surface area contributed by atoms with Gasteiger partial charge in [0.05, 0.1) is 0 Å². The van der Waals surface area contributed by atoms with Gasteiger partial charge >= 0.3 is 0 Å². The average molecular weight is 219 g/mol. The van der Waals surface area contributed by atoms with Crippen molar-refractivity contribution in [2.45, 2.75) is 58.4 Å². The van der Waals surface area contributed by atoms with Crippen molar-refractivity contribution in [2.24, 2.45) is 0 Å². The highest BCUT2D eigenvalue weighted by molar-refractivity contribution is 5.43. The van der Waals surface area contributed by atoms with Crippen LogP contribution < -0.4 is 5.32 Å². The molecule has 1 heteroatoms. The van der Waals surface area contributed by atoms with E-state index in [0.717, 1.165) is 0 Å². The van der Waals surface area contributed by atoms with Crippen molar-refractivity contribution in [1.29, 1.82) is 0 Å². The van der Waals surface area contributed by atoms with Crippen LogP contribution in [0.3, 0.4) is 0 Å². The minimum atomic E-state index is 0.587. The molecule has 1 aromatic carbocycles. The molecular formula is C15H25N. The predicted octanol–water partition coefficient (Wildman–Crippen LogP) is 4.85. The fourth-order valence-corrected chi connectivity index (χ4v) is 1.95. The second-order valence-corrected chi connectivity index (χ2v) is 4.61. The minimum absolute atomic E-state index is 0.587. The summed E-state index contributed by atoms with van der Waals surface area (Å²) in [4.78, 5) is 0. The van der Waals surface area contributed by atoms with Crippen LogP contribution in [0.4, 0.5) is 5.69 Å². The Morgan fingerprint density at radius 1 is 1.00 bits per heavy atom. The maximum absolute atomic E-state index is 3.53. The Morgan fingerprint density at radius 2 is 1.69 bits per heavy atom. The first-order valence-corrected chi connectivity index (χ1v) is 6.64. The molecule has 0 aliphatic carbocycles. The SMILES string of the molecule is CCCCCCCC(C)Nc1ccccc1. The maximum Gasteiger partial charge on any atom is 0.0342 e. The number of anilines is 1. The molecule has 0 aromatic heterocycles. The van der Waals surface area contributed by atoms with Gasteiger partial charge in [-0.2, -0.15) is 0 Å². The highest BCUT2D eigenvalue weighted by atomic mass is 14.9. The predicted molar refractivity (Wildman–Crippen MR) is 72.9 cm³/mol. The summed E-state index contributed by atoms with van der Waals surface area (Å²) in [5.74, 6) is 0. The number of rotatable bonds is 8. The van der Waals surface area contributed by atoms with Crippen LogP contribution in [-0.4, -0.2) is 6.04 Å². The van der Waals surface area contributed by atoms with E-state index in [-0.39, 0.29) is 0 Å². The van der Waals surface area contributed by atoms with Crippen molar-refractivity contribution in [3.63, 3.8) is 0 Å². The summed E-state index contributed by atoms with van der Waals surface area (Å²) in [7, 11) is 0. The first-order chi connectivity index (χ1) is 7.83. The molecule has 0 aliphatic heterocycles. The Kier molecular flexibility index (Phi) is 6.71. The van der Waals surface area contributed by atoms with Crippen LogP contribution in [0.1, 0.15) is 52.4 Å². The lowest BCUT2D eigenvalue weighted by molar-refractivity contribution is 0.578. The average Bonchev–Trinajstić information content (AvgIpc) is 2.30. The van der Waals surface area contributed by atoms with E-state index < -0.39 is 0 Å². The largest absolute Gasteiger partial charge is 0.383 e. The topological polar surface area (TPSA) is 12.0 Å². The minimum Gasteiger partial charge on any atom is -0.383 e. The second-order valence-electron chi connectivity index (χ2n) is 4.61. The third-order valence-corrected chi connectivity index (χ3v) is 2.93. The summed E-state index contributed by atoms with van der Waals surface area (Å²) >= 11 is 0. The van der Waals surface area contributed by atoms with Crippen LogP contribution in [0.2, 0.25) is 0 Å². The van der Waals surface area contributed by atoms with Gasteiger partial charge in [0.25, 0.3) is 0 Å². The van der Waals surface area contributed by atoms with Gasteiger partial charge in [0.2, 0.25) is 0 Å². The molecule has 1 unspecified atom stereocenters. The maximum atomic E-state index is 3.53. The molecule has 1 rings (SSSR count). The molecule has 0 spiro atoms. The van der Waals surface area contributed by atoms with E-state index in [4.69, 9.17) is 0 Å². The molecule has 0 fully saturated rings. The first-order valence-electron chi connectivity index (χ1n) is 6.64. The summed E-state index contributed by atoms with van der Waals surface area (Å²) in [6, 6.07) is 11.1. The summed E-state index contributed by atoms with van der Waals surface area (Å²) in [6.45, 7) is 4.53. The third kappa shape index (κ3) is 5.79. The zero-order valence-corrected chi connectivity index (χ0v) is 10.7. The summed E-state index contributed by atoms with van der Waals surface area (Å²) < 4.78 is 0. The van der Waals surface area contributed by atoms with Gasteiger partial charge in [-0.3, -0.25) is 0 Å². The standard InChI is InChI=1S/C15H25N/c1-3-4-5-6-8-11-14(2)16-15-12-9-7-10-13-15/h7,9-10,12-14,16H,3-6,8,11H2,1-2H3. The third-order valence-electron chi connectivity index (χ3n) is 2.93. The molecule has 16 heavy (non-hydrogen) atoms. The fraction of sp³-hybridized carbons (Fsp3) is 0.600. The van der Waals surface area contributed by atoms with Gasteiger partial charge in [0, 0.05) is 11.7 Å². The van der Waals surface area contributed by atoms with Gasteiger partial charge in [-0.15, -0.1) is 0 Å². The van der Waals surface area contributed by atoms with E-state index in [2.05, 4.69) is 49.5 Å². The number of hydrogen-bond donors (Lipinski definition) is 1. The Morgan fingerprint density at radius 3 is 2.38 bits per heavy atom. The molecule has 0 saturated heterocycles. The fourth-order valence-electron chi connectivity index (χ4n) is 1.95. The lowest BCUT2D eigenvalue weighted by Gasteiger charge is -2.14. The molecule has 90 valence electrons. The van der Waals surface area contributed by atoms with Gasteiger partial charge in [-0.25, -0.2) is 0 Å². The molecule has 0 radical (unpaired) electrons. The highest BCUT2D eigenvalue weighted by Gasteiger charge is 2.00. The van der Waals surface area contributed by atoms with E-state index in [1.807, 2.05) is 0 Å². The van der Waals surface area contributed by atoms with Gasteiger partial charge in [0.1, 0.15) is 0 Å². The molecular weight excluding hydrogens is 194 g/mol. The van der Waals surface area contributed by atoms with Crippen molar-refractivity contribution in [2.75, 3.05) is 5.32 Å². The summed E-state index contributed by atoms with van der Waals surface area (Å²) in [5.41, 5.74) is 1.24. The van der Waals surface area contributed by atoms with Crippen LogP contribution >= 0.6 is 0 Å².